The Hall–Kier alpha value is -3.28. The minimum absolute atomic E-state index is 0.608. The van der Waals surface area contributed by atoms with E-state index in [1.54, 1.807) is 7.11 Å². The van der Waals surface area contributed by atoms with E-state index in [0.717, 1.165) is 41.7 Å². The molecule has 1 heterocycles. The van der Waals surface area contributed by atoms with Crippen LogP contribution in [-0.4, -0.2) is 30.2 Å². The second kappa shape index (κ2) is 9.60. The quantitative estimate of drug-likeness (QED) is 0.568. The molecule has 0 saturated carbocycles. The second-order valence-electron chi connectivity index (χ2n) is 6.33. The van der Waals surface area contributed by atoms with E-state index in [4.69, 9.17) is 9.47 Å². The third-order valence-electron chi connectivity index (χ3n) is 4.12. The molecule has 0 saturated heterocycles. The molecule has 0 radical (unpaired) electrons. The molecule has 3 aromatic rings. The predicted octanol–water partition coefficient (Wildman–Crippen LogP) is 4.59. The standard InChI is InChI=1S/C22H26N4O2/c1-4-28-19-10-8-18(9-11-19)25-21-14-16(2)24-22(26-21)23-13-12-17-6-5-7-20(15-17)27-3/h5-11,14-15H,4,12-13H2,1-3H3,(H2,23,24,25,26). The summed E-state index contributed by atoms with van der Waals surface area (Å²) in [6, 6.07) is 17.8. The molecular formula is C22H26N4O2. The molecule has 0 spiro atoms. The van der Waals surface area contributed by atoms with E-state index in [9.17, 15) is 0 Å². The van der Waals surface area contributed by atoms with Crippen LogP contribution >= 0.6 is 0 Å². The molecular weight excluding hydrogens is 352 g/mol. The van der Waals surface area contributed by atoms with Crippen molar-refractivity contribution >= 4 is 17.5 Å². The fourth-order valence-electron chi connectivity index (χ4n) is 2.81. The van der Waals surface area contributed by atoms with Crippen molar-refractivity contribution in [2.45, 2.75) is 20.3 Å². The monoisotopic (exact) mass is 378 g/mol. The lowest BCUT2D eigenvalue weighted by molar-refractivity contribution is 0.340. The van der Waals surface area contributed by atoms with E-state index >= 15 is 0 Å². The third kappa shape index (κ3) is 5.61. The number of benzene rings is 2. The Morgan fingerprint density at radius 1 is 0.964 bits per heavy atom. The number of anilines is 3. The van der Waals surface area contributed by atoms with Gasteiger partial charge >= 0.3 is 0 Å². The molecule has 2 aromatic carbocycles. The number of methoxy groups -OCH3 is 1. The van der Waals surface area contributed by atoms with Gasteiger partial charge in [-0.1, -0.05) is 12.1 Å². The van der Waals surface area contributed by atoms with Gasteiger partial charge in [-0.2, -0.15) is 4.98 Å². The first-order valence-electron chi connectivity index (χ1n) is 9.38. The van der Waals surface area contributed by atoms with Gasteiger partial charge in [0.2, 0.25) is 5.95 Å². The summed E-state index contributed by atoms with van der Waals surface area (Å²) in [7, 11) is 1.68. The van der Waals surface area contributed by atoms with Crippen molar-refractivity contribution in [1.29, 1.82) is 0 Å². The second-order valence-corrected chi connectivity index (χ2v) is 6.33. The average molecular weight is 378 g/mol. The fourth-order valence-corrected chi connectivity index (χ4v) is 2.81. The summed E-state index contributed by atoms with van der Waals surface area (Å²) in [5.74, 6) is 3.08. The number of ether oxygens (including phenoxy) is 2. The Labute approximate surface area is 166 Å². The van der Waals surface area contributed by atoms with Gasteiger partial charge in [-0.15, -0.1) is 0 Å². The highest BCUT2D eigenvalue weighted by Crippen LogP contribution is 2.20. The maximum atomic E-state index is 5.47. The Balaban J connectivity index is 1.60. The maximum absolute atomic E-state index is 5.47. The number of hydrogen-bond acceptors (Lipinski definition) is 6. The van der Waals surface area contributed by atoms with Gasteiger partial charge in [-0.3, -0.25) is 0 Å². The topological polar surface area (TPSA) is 68.3 Å². The first-order valence-corrected chi connectivity index (χ1v) is 9.38. The number of nitrogens with one attached hydrogen (secondary N) is 2. The van der Waals surface area contributed by atoms with Crippen LogP contribution in [0.5, 0.6) is 11.5 Å². The number of aromatic nitrogens is 2. The highest BCUT2D eigenvalue weighted by Gasteiger charge is 2.04. The fraction of sp³-hybridized carbons (Fsp3) is 0.273. The number of aryl methyl sites for hydroxylation is 1. The molecule has 146 valence electrons. The Bertz CT molecular complexity index is 897. The van der Waals surface area contributed by atoms with E-state index in [2.05, 4.69) is 26.7 Å². The zero-order chi connectivity index (χ0) is 19.8. The molecule has 28 heavy (non-hydrogen) atoms. The van der Waals surface area contributed by atoms with Crippen molar-refractivity contribution in [3.63, 3.8) is 0 Å². The van der Waals surface area contributed by atoms with Crippen LogP contribution in [0.25, 0.3) is 0 Å². The SMILES string of the molecule is CCOc1ccc(Nc2cc(C)nc(NCCc3cccc(OC)c3)n2)cc1. The lowest BCUT2D eigenvalue weighted by Gasteiger charge is -2.11. The number of rotatable bonds is 9. The van der Waals surface area contributed by atoms with E-state index < -0.39 is 0 Å². The van der Waals surface area contributed by atoms with Crippen molar-refractivity contribution in [3.05, 3.63) is 65.9 Å². The van der Waals surface area contributed by atoms with Crippen molar-refractivity contribution in [1.82, 2.24) is 9.97 Å². The van der Waals surface area contributed by atoms with Gasteiger partial charge in [0.05, 0.1) is 13.7 Å². The van der Waals surface area contributed by atoms with E-state index in [1.165, 1.54) is 5.56 Å². The summed E-state index contributed by atoms with van der Waals surface area (Å²) in [4.78, 5) is 9.04. The van der Waals surface area contributed by atoms with Gasteiger partial charge < -0.3 is 20.1 Å². The van der Waals surface area contributed by atoms with Gasteiger partial charge in [0.1, 0.15) is 17.3 Å². The van der Waals surface area contributed by atoms with Crippen molar-refractivity contribution in [2.75, 3.05) is 30.9 Å². The van der Waals surface area contributed by atoms with E-state index in [-0.39, 0.29) is 0 Å². The highest BCUT2D eigenvalue weighted by molar-refractivity contribution is 5.58. The molecule has 0 aliphatic heterocycles. The third-order valence-corrected chi connectivity index (χ3v) is 4.12. The zero-order valence-corrected chi connectivity index (χ0v) is 16.5. The molecule has 0 aliphatic rings. The minimum Gasteiger partial charge on any atom is -0.497 e. The lowest BCUT2D eigenvalue weighted by Crippen LogP contribution is -2.09. The summed E-state index contributed by atoms with van der Waals surface area (Å²) in [5.41, 5.74) is 3.04. The van der Waals surface area contributed by atoms with Crippen LogP contribution in [0.3, 0.4) is 0 Å². The highest BCUT2D eigenvalue weighted by atomic mass is 16.5. The van der Waals surface area contributed by atoms with Gasteiger partial charge in [0, 0.05) is 24.0 Å². The Morgan fingerprint density at radius 3 is 2.54 bits per heavy atom. The van der Waals surface area contributed by atoms with E-state index in [0.29, 0.717) is 12.6 Å². The molecule has 2 N–H and O–H groups in total. The maximum Gasteiger partial charge on any atom is 0.224 e. The number of nitrogens with zero attached hydrogens (tertiary/aromatic N) is 2. The van der Waals surface area contributed by atoms with Crippen LogP contribution in [-0.2, 0) is 6.42 Å². The minimum atomic E-state index is 0.608. The average Bonchev–Trinajstić information content (AvgIpc) is 2.69. The summed E-state index contributed by atoms with van der Waals surface area (Å²) >= 11 is 0. The van der Waals surface area contributed by atoms with Crippen molar-refractivity contribution < 1.29 is 9.47 Å². The Kier molecular flexibility index (Phi) is 6.68. The van der Waals surface area contributed by atoms with Crippen LogP contribution in [0.4, 0.5) is 17.5 Å². The van der Waals surface area contributed by atoms with Crippen LogP contribution in [0.1, 0.15) is 18.2 Å². The molecule has 0 atom stereocenters. The molecule has 6 nitrogen and oxygen atoms in total. The molecule has 1 aromatic heterocycles. The van der Waals surface area contributed by atoms with Gasteiger partial charge in [0.25, 0.3) is 0 Å². The zero-order valence-electron chi connectivity index (χ0n) is 16.5. The summed E-state index contributed by atoms with van der Waals surface area (Å²) in [6.07, 6.45) is 0.857. The molecule has 0 aliphatic carbocycles. The molecule has 0 fully saturated rings. The van der Waals surface area contributed by atoms with Crippen molar-refractivity contribution in [2.24, 2.45) is 0 Å². The predicted molar refractivity (Wildman–Crippen MR) is 113 cm³/mol. The normalized spacial score (nSPS) is 10.4. The molecule has 6 heteroatoms. The summed E-state index contributed by atoms with van der Waals surface area (Å²) in [6.45, 7) is 5.32. The molecule has 0 unspecified atom stereocenters. The first kappa shape index (κ1) is 19.5. The van der Waals surface area contributed by atoms with Crippen LogP contribution in [0, 0.1) is 6.92 Å². The van der Waals surface area contributed by atoms with Gasteiger partial charge in [-0.05, 0) is 62.2 Å². The first-order chi connectivity index (χ1) is 13.7. The molecule has 0 amide bonds. The van der Waals surface area contributed by atoms with Gasteiger partial charge in [0.15, 0.2) is 0 Å². The van der Waals surface area contributed by atoms with Crippen LogP contribution in [0.15, 0.2) is 54.6 Å². The van der Waals surface area contributed by atoms with Crippen LogP contribution in [0.2, 0.25) is 0 Å². The molecule has 0 bridgehead atoms. The van der Waals surface area contributed by atoms with E-state index in [1.807, 2.05) is 62.4 Å². The Morgan fingerprint density at radius 2 is 1.79 bits per heavy atom. The number of hydrogen-bond donors (Lipinski definition) is 2. The summed E-state index contributed by atoms with van der Waals surface area (Å²) in [5, 5.41) is 6.61. The van der Waals surface area contributed by atoms with Crippen molar-refractivity contribution in [3.8, 4) is 11.5 Å². The largest absolute Gasteiger partial charge is 0.497 e. The van der Waals surface area contributed by atoms with Gasteiger partial charge in [-0.25, -0.2) is 4.98 Å². The lowest BCUT2D eigenvalue weighted by atomic mass is 10.1. The smallest absolute Gasteiger partial charge is 0.224 e. The molecule has 3 rings (SSSR count). The van der Waals surface area contributed by atoms with Crippen LogP contribution < -0.4 is 20.1 Å². The summed E-state index contributed by atoms with van der Waals surface area (Å²) < 4.78 is 10.7.